The van der Waals surface area contributed by atoms with Crippen molar-refractivity contribution in [3.05, 3.63) is 191 Å². The molecular formula is C56H60BrN7O5. The maximum Gasteiger partial charge on any atom is 0.167 e. The van der Waals surface area contributed by atoms with Crippen molar-refractivity contribution in [1.82, 2.24) is 35.1 Å². The largest absolute Gasteiger partial charge is 0.486 e. The number of halogens is 1. The second-order valence-electron chi connectivity index (χ2n) is 18.2. The van der Waals surface area contributed by atoms with Gasteiger partial charge in [0.1, 0.15) is 24.7 Å². The SMILES string of the molecule is CC(C)C(C)(c1ccc(-c2cc(CBr)no2)cc1)c1ccc(OCc2ccccn2)cn1.CC(C)C(C)(c1ccc(-c2cc(CN3CCOCC3)no2)cc1)c1ccc(OCc2ccccn2)cn1. The Morgan fingerprint density at radius 3 is 1.42 bits per heavy atom. The van der Waals surface area contributed by atoms with Crippen LogP contribution >= 0.6 is 15.9 Å². The lowest BCUT2D eigenvalue weighted by atomic mass is 9.70. The van der Waals surface area contributed by atoms with E-state index in [4.69, 9.17) is 33.2 Å². The van der Waals surface area contributed by atoms with E-state index in [1.54, 1.807) is 24.8 Å². The van der Waals surface area contributed by atoms with Crippen LogP contribution in [0, 0.1) is 11.8 Å². The maximum atomic E-state index is 5.89. The first kappa shape index (κ1) is 48.9. The zero-order valence-corrected chi connectivity index (χ0v) is 41.8. The van der Waals surface area contributed by atoms with E-state index in [2.05, 4.69) is 143 Å². The van der Waals surface area contributed by atoms with Crippen LogP contribution in [0.15, 0.2) is 155 Å². The highest BCUT2D eigenvalue weighted by molar-refractivity contribution is 9.08. The highest BCUT2D eigenvalue weighted by atomic mass is 79.9. The molecule has 69 heavy (non-hydrogen) atoms. The molecule has 0 aliphatic carbocycles. The minimum Gasteiger partial charge on any atom is -0.486 e. The Morgan fingerprint density at radius 1 is 0.565 bits per heavy atom. The summed E-state index contributed by atoms with van der Waals surface area (Å²) in [6.45, 7) is 18.4. The van der Waals surface area contributed by atoms with E-state index in [1.165, 1.54) is 11.1 Å². The van der Waals surface area contributed by atoms with Crippen LogP contribution in [0.1, 0.15) is 86.8 Å². The van der Waals surface area contributed by atoms with Crippen LogP contribution in [0.5, 0.6) is 11.5 Å². The highest BCUT2D eigenvalue weighted by Gasteiger charge is 2.35. The van der Waals surface area contributed by atoms with Gasteiger partial charge in [-0.3, -0.25) is 24.8 Å². The maximum absolute atomic E-state index is 5.89. The van der Waals surface area contributed by atoms with E-state index >= 15 is 0 Å². The lowest BCUT2D eigenvalue weighted by Gasteiger charge is -2.34. The van der Waals surface area contributed by atoms with Crippen molar-refractivity contribution in [2.75, 3.05) is 26.3 Å². The molecule has 2 aromatic carbocycles. The summed E-state index contributed by atoms with van der Waals surface area (Å²) in [6.07, 6.45) is 7.13. The number of ether oxygens (including phenoxy) is 3. The summed E-state index contributed by atoms with van der Waals surface area (Å²) >= 11 is 3.41. The van der Waals surface area contributed by atoms with Crippen LogP contribution in [0.25, 0.3) is 22.6 Å². The van der Waals surface area contributed by atoms with Crippen LogP contribution < -0.4 is 9.47 Å². The molecule has 2 unspecified atom stereocenters. The first-order valence-corrected chi connectivity index (χ1v) is 24.6. The third-order valence-electron chi connectivity index (χ3n) is 13.4. The smallest absolute Gasteiger partial charge is 0.167 e. The number of hydrogen-bond acceptors (Lipinski definition) is 12. The minimum atomic E-state index is -0.263. The van der Waals surface area contributed by atoms with Gasteiger partial charge in [0, 0.05) is 71.4 Å². The molecule has 9 rings (SSSR count). The van der Waals surface area contributed by atoms with E-state index in [-0.39, 0.29) is 10.8 Å². The molecule has 0 saturated carbocycles. The number of alkyl halides is 1. The van der Waals surface area contributed by atoms with Gasteiger partial charge >= 0.3 is 0 Å². The van der Waals surface area contributed by atoms with Gasteiger partial charge in [-0.1, -0.05) is 115 Å². The summed E-state index contributed by atoms with van der Waals surface area (Å²) in [5.74, 6) is 3.68. The van der Waals surface area contributed by atoms with Gasteiger partial charge in [0.05, 0.1) is 59.8 Å². The highest BCUT2D eigenvalue weighted by Crippen LogP contribution is 2.41. The molecule has 12 nitrogen and oxygen atoms in total. The zero-order chi connectivity index (χ0) is 48.2. The monoisotopic (exact) mass is 989 g/mol. The molecule has 1 aliphatic heterocycles. The van der Waals surface area contributed by atoms with Gasteiger partial charge in [-0.05, 0) is 85.3 Å². The molecule has 0 radical (unpaired) electrons. The van der Waals surface area contributed by atoms with Gasteiger partial charge in [-0.2, -0.15) is 0 Å². The number of rotatable bonds is 17. The standard InChI is InChI=1S/C30H34N4O3.C26H26BrN3O2/c1-22(2)30(3,29-12-11-27(19-32-29)36-21-25-6-4-5-13-31-25)24-9-7-23(8-10-24)28-18-26(33-37-28)20-34-14-16-35-17-15-34;1-18(2)26(3,20-9-7-19(8-10-20)24-14-22(15-27)30-32-24)25-12-11-23(16-29-25)31-17-21-6-4-5-13-28-21/h4-13,18-19,22H,14-17,20-21H2,1-3H3;4-14,16,18H,15,17H2,1-3H3. The van der Waals surface area contributed by atoms with Crippen LogP contribution in [0.4, 0.5) is 0 Å². The third kappa shape index (κ3) is 11.8. The molecule has 1 fully saturated rings. The predicted octanol–water partition coefficient (Wildman–Crippen LogP) is 12.1. The second kappa shape index (κ2) is 22.7. The predicted molar refractivity (Wildman–Crippen MR) is 271 cm³/mol. The number of nitrogens with zero attached hydrogens (tertiary/aromatic N) is 7. The average molecular weight is 991 g/mol. The number of pyridine rings is 4. The average Bonchev–Trinajstić information content (AvgIpc) is 4.09. The molecule has 356 valence electrons. The fourth-order valence-corrected chi connectivity index (χ4v) is 8.63. The molecule has 7 heterocycles. The minimum absolute atomic E-state index is 0.250. The summed E-state index contributed by atoms with van der Waals surface area (Å²) in [6, 6.07) is 40.7. The third-order valence-corrected chi connectivity index (χ3v) is 13.9. The quantitative estimate of drug-likeness (QED) is 0.0804. The van der Waals surface area contributed by atoms with Gasteiger partial charge in [0.25, 0.3) is 0 Å². The van der Waals surface area contributed by atoms with E-state index in [1.807, 2.05) is 60.7 Å². The first-order chi connectivity index (χ1) is 33.5. The van der Waals surface area contributed by atoms with E-state index in [0.717, 1.165) is 101 Å². The van der Waals surface area contributed by atoms with Gasteiger partial charge in [0.15, 0.2) is 11.5 Å². The summed E-state index contributed by atoms with van der Waals surface area (Å²) in [4.78, 5) is 20.5. The topological polar surface area (TPSA) is 135 Å². The van der Waals surface area contributed by atoms with Crippen molar-refractivity contribution in [3.63, 3.8) is 0 Å². The number of morpholine rings is 1. The lowest BCUT2D eigenvalue weighted by molar-refractivity contribution is 0.0332. The number of benzene rings is 2. The molecular weight excluding hydrogens is 931 g/mol. The Bertz CT molecular complexity index is 2800. The fraction of sp³-hybridized carbons (Fsp3) is 0.321. The molecule has 1 aliphatic rings. The Hall–Kier alpha value is -6.54. The second-order valence-corrected chi connectivity index (χ2v) is 18.8. The molecule has 8 aromatic rings. The molecule has 0 bridgehead atoms. The molecule has 6 aromatic heterocycles. The summed E-state index contributed by atoms with van der Waals surface area (Å²) in [7, 11) is 0. The molecule has 2 atom stereocenters. The number of hydrogen-bond donors (Lipinski definition) is 0. The van der Waals surface area contributed by atoms with Crippen molar-refractivity contribution in [3.8, 4) is 34.1 Å². The van der Waals surface area contributed by atoms with Gasteiger partial charge < -0.3 is 23.3 Å². The zero-order valence-electron chi connectivity index (χ0n) is 40.2. The Labute approximate surface area is 413 Å². The molecule has 1 saturated heterocycles. The van der Waals surface area contributed by atoms with Crippen LogP contribution in [0.3, 0.4) is 0 Å². The van der Waals surface area contributed by atoms with Crippen LogP contribution in [-0.2, 0) is 40.7 Å². The first-order valence-electron chi connectivity index (χ1n) is 23.5. The Kier molecular flexibility index (Phi) is 16.1. The van der Waals surface area contributed by atoms with Crippen molar-refractivity contribution in [2.45, 2.75) is 77.5 Å². The molecule has 13 heteroatoms. The number of aromatic nitrogens is 6. The van der Waals surface area contributed by atoms with E-state index in [0.29, 0.717) is 30.4 Å². The van der Waals surface area contributed by atoms with Crippen LogP contribution in [-0.4, -0.2) is 61.5 Å². The van der Waals surface area contributed by atoms with E-state index in [9.17, 15) is 0 Å². The van der Waals surface area contributed by atoms with Crippen LogP contribution in [0.2, 0.25) is 0 Å². The van der Waals surface area contributed by atoms with Crippen molar-refractivity contribution in [1.29, 1.82) is 0 Å². The summed E-state index contributed by atoms with van der Waals surface area (Å²) in [5, 5.41) is 9.02. The summed E-state index contributed by atoms with van der Waals surface area (Å²) in [5.41, 5.74) is 9.53. The molecule has 0 amide bonds. The van der Waals surface area contributed by atoms with Gasteiger partial charge in [-0.15, -0.1) is 0 Å². The fourth-order valence-electron chi connectivity index (χ4n) is 8.36. The van der Waals surface area contributed by atoms with Crippen molar-refractivity contribution in [2.24, 2.45) is 11.8 Å². The normalized spacial score (nSPS) is 14.7. The van der Waals surface area contributed by atoms with Crippen molar-refractivity contribution < 1.29 is 23.3 Å². The van der Waals surface area contributed by atoms with Gasteiger partial charge in [-0.25, -0.2) is 0 Å². The van der Waals surface area contributed by atoms with E-state index < -0.39 is 0 Å². The Balaban J connectivity index is 0.000000188. The summed E-state index contributed by atoms with van der Waals surface area (Å²) < 4.78 is 28.3. The van der Waals surface area contributed by atoms with Crippen molar-refractivity contribution >= 4 is 15.9 Å². The molecule has 0 N–H and O–H groups in total. The molecule has 0 spiro atoms. The lowest BCUT2D eigenvalue weighted by Crippen LogP contribution is -2.35. The van der Waals surface area contributed by atoms with Gasteiger partial charge in [0.2, 0.25) is 0 Å². The Morgan fingerprint density at radius 2 is 1.03 bits per heavy atom.